The number of nitrogens with one attached hydrogen (secondary N) is 1. The van der Waals surface area contributed by atoms with Gasteiger partial charge in [0.2, 0.25) is 5.95 Å². The van der Waals surface area contributed by atoms with E-state index in [9.17, 15) is 4.79 Å². The second-order valence-electron chi connectivity index (χ2n) is 4.86. The highest BCUT2D eigenvalue weighted by Crippen LogP contribution is 2.26. The number of hydrogen-bond acceptors (Lipinski definition) is 4. The molecule has 2 aromatic rings. The third-order valence-corrected chi connectivity index (χ3v) is 3.67. The number of aromatic amines is 1. The van der Waals surface area contributed by atoms with Crippen molar-refractivity contribution in [3.8, 4) is 0 Å². The number of fused-ring (bicyclic) bond motifs is 1. The lowest BCUT2D eigenvalue weighted by Gasteiger charge is -2.35. The van der Waals surface area contributed by atoms with Crippen LogP contribution in [0.25, 0.3) is 10.9 Å². The van der Waals surface area contributed by atoms with Gasteiger partial charge in [0, 0.05) is 18.8 Å². The highest BCUT2D eigenvalue weighted by molar-refractivity contribution is 5.81. The summed E-state index contributed by atoms with van der Waals surface area (Å²) < 4.78 is 0. The predicted molar refractivity (Wildman–Crippen MR) is 72.8 cm³/mol. The maximum Gasteiger partial charge on any atom is 0.260 e. The van der Waals surface area contributed by atoms with Gasteiger partial charge >= 0.3 is 0 Å². The Morgan fingerprint density at radius 1 is 1.44 bits per heavy atom. The van der Waals surface area contributed by atoms with E-state index in [0.29, 0.717) is 28.6 Å². The van der Waals surface area contributed by atoms with Crippen molar-refractivity contribution < 1.29 is 0 Å². The molecule has 1 heterocycles. The number of anilines is 2. The lowest BCUT2D eigenvalue weighted by molar-refractivity contribution is 0.397. The molecule has 1 aliphatic rings. The third-order valence-electron chi connectivity index (χ3n) is 3.67. The van der Waals surface area contributed by atoms with E-state index in [1.807, 2.05) is 7.05 Å². The Balaban J connectivity index is 2.09. The molecular formula is C13H16N4O. The molecule has 0 amide bonds. The van der Waals surface area contributed by atoms with Crippen LogP contribution in [-0.2, 0) is 0 Å². The number of benzene rings is 1. The molecule has 0 radical (unpaired) electrons. The standard InChI is InChI=1S/C13H16N4O/c1-17(9-3-2-4-9)13-15-11-6-5-8(14)7-10(11)12(18)16-13/h5-7,9H,2-4,14H2,1H3,(H,15,16,18). The van der Waals surface area contributed by atoms with Crippen molar-refractivity contribution in [2.45, 2.75) is 25.3 Å². The Morgan fingerprint density at radius 2 is 2.22 bits per heavy atom. The number of H-pyrrole nitrogens is 1. The van der Waals surface area contributed by atoms with Gasteiger partial charge in [-0.05, 0) is 37.5 Å². The van der Waals surface area contributed by atoms with Crippen LogP contribution in [0.4, 0.5) is 11.6 Å². The van der Waals surface area contributed by atoms with Gasteiger partial charge in [-0.15, -0.1) is 0 Å². The SMILES string of the molecule is CN(c1nc2ccc(N)cc2c(=O)[nH]1)C1CCC1. The number of rotatable bonds is 2. The van der Waals surface area contributed by atoms with E-state index in [1.165, 1.54) is 19.3 Å². The fraction of sp³-hybridized carbons (Fsp3) is 0.385. The summed E-state index contributed by atoms with van der Waals surface area (Å²) in [6.45, 7) is 0. The summed E-state index contributed by atoms with van der Waals surface area (Å²) in [4.78, 5) is 21.4. The molecule has 1 fully saturated rings. The first-order valence-electron chi connectivity index (χ1n) is 6.17. The van der Waals surface area contributed by atoms with Crippen LogP contribution < -0.4 is 16.2 Å². The first-order valence-corrected chi connectivity index (χ1v) is 6.17. The first kappa shape index (κ1) is 11.1. The van der Waals surface area contributed by atoms with Crippen molar-refractivity contribution in [1.82, 2.24) is 9.97 Å². The van der Waals surface area contributed by atoms with Crippen LogP contribution in [-0.4, -0.2) is 23.1 Å². The van der Waals surface area contributed by atoms with Gasteiger partial charge in [-0.3, -0.25) is 9.78 Å². The normalized spacial score (nSPS) is 15.6. The van der Waals surface area contributed by atoms with Gasteiger partial charge < -0.3 is 10.6 Å². The Kier molecular flexibility index (Phi) is 2.47. The minimum Gasteiger partial charge on any atom is -0.399 e. The van der Waals surface area contributed by atoms with E-state index in [-0.39, 0.29) is 5.56 Å². The molecule has 1 saturated carbocycles. The van der Waals surface area contributed by atoms with Gasteiger partial charge in [0.05, 0.1) is 10.9 Å². The number of hydrogen-bond donors (Lipinski definition) is 2. The average molecular weight is 244 g/mol. The molecule has 3 N–H and O–H groups in total. The van der Waals surface area contributed by atoms with Crippen molar-refractivity contribution in [1.29, 1.82) is 0 Å². The first-order chi connectivity index (χ1) is 8.65. The molecule has 3 rings (SSSR count). The van der Waals surface area contributed by atoms with Crippen molar-refractivity contribution >= 4 is 22.5 Å². The van der Waals surface area contributed by atoms with Crippen molar-refractivity contribution in [3.63, 3.8) is 0 Å². The third kappa shape index (κ3) is 1.72. The minimum atomic E-state index is -0.131. The van der Waals surface area contributed by atoms with Crippen molar-refractivity contribution in [2.24, 2.45) is 0 Å². The molecule has 5 nitrogen and oxygen atoms in total. The second kappa shape index (κ2) is 4.01. The Bertz CT molecular complexity index is 645. The van der Waals surface area contributed by atoms with Crippen LogP contribution >= 0.6 is 0 Å². The zero-order chi connectivity index (χ0) is 12.7. The van der Waals surface area contributed by atoms with Crippen LogP contribution in [0.1, 0.15) is 19.3 Å². The van der Waals surface area contributed by atoms with Crippen LogP contribution in [0.5, 0.6) is 0 Å². The molecule has 18 heavy (non-hydrogen) atoms. The van der Waals surface area contributed by atoms with Gasteiger partial charge in [-0.2, -0.15) is 0 Å². The lowest BCUT2D eigenvalue weighted by atomic mass is 9.92. The lowest BCUT2D eigenvalue weighted by Crippen LogP contribution is -2.39. The van der Waals surface area contributed by atoms with Crippen LogP contribution in [0.2, 0.25) is 0 Å². The summed E-state index contributed by atoms with van der Waals surface area (Å²) in [7, 11) is 1.98. The molecule has 0 atom stereocenters. The Hall–Kier alpha value is -2.04. The van der Waals surface area contributed by atoms with Gasteiger partial charge in [0.15, 0.2) is 0 Å². The second-order valence-corrected chi connectivity index (χ2v) is 4.86. The molecule has 1 aliphatic carbocycles. The van der Waals surface area contributed by atoms with E-state index in [0.717, 1.165) is 0 Å². The minimum absolute atomic E-state index is 0.131. The summed E-state index contributed by atoms with van der Waals surface area (Å²) in [6, 6.07) is 5.72. The topological polar surface area (TPSA) is 75.0 Å². The summed E-state index contributed by atoms with van der Waals surface area (Å²) in [5, 5.41) is 0.542. The van der Waals surface area contributed by atoms with Crippen LogP contribution in [0, 0.1) is 0 Å². The van der Waals surface area contributed by atoms with Gasteiger partial charge in [-0.1, -0.05) is 0 Å². The smallest absolute Gasteiger partial charge is 0.260 e. The highest BCUT2D eigenvalue weighted by atomic mass is 16.1. The largest absolute Gasteiger partial charge is 0.399 e. The molecule has 1 aromatic heterocycles. The molecule has 5 heteroatoms. The molecule has 0 saturated heterocycles. The van der Waals surface area contributed by atoms with Crippen LogP contribution in [0.3, 0.4) is 0 Å². The Labute approximate surface area is 105 Å². The zero-order valence-corrected chi connectivity index (χ0v) is 10.3. The van der Waals surface area contributed by atoms with Gasteiger partial charge in [0.1, 0.15) is 0 Å². The fourth-order valence-corrected chi connectivity index (χ4v) is 2.26. The summed E-state index contributed by atoms with van der Waals surface area (Å²) in [5.41, 5.74) is 6.82. The number of nitrogens with zero attached hydrogens (tertiary/aromatic N) is 2. The quantitative estimate of drug-likeness (QED) is 0.785. The van der Waals surface area contributed by atoms with E-state index in [1.54, 1.807) is 18.2 Å². The predicted octanol–water partition coefficient (Wildman–Crippen LogP) is 1.49. The molecule has 0 unspecified atom stereocenters. The number of nitrogens with two attached hydrogens (primary N) is 1. The molecule has 0 bridgehead atoms. The van der Waals surface area contributed by atoms with E-state index in [4.69, 9.17) is 5.73 Å². The van der Waals surface area contributed by atoms with Crippen molar-refractivity contribution in [3.05, 3.63) is 28.6 Å². The summed E-state index contributed by atoms with van der Waals surface area (Å²) >= 11 is 0. The molecular weight excluding hydrogens is 228 g/mol. The molecule has 94 valence electrons. The van der Waals surface area contributed by atoms with Gasteiger partial charge in [-0.25, -0.2) is 4.98 Å². The molecule has 1 aromatic carbocycles. The van der Waals surface area contributed by atoms with E-state index < -0.39 is 0 Å². The highest BCUT2D eigenvalue weighted by Gasteiger charge is 2.23. The monoisotopic (exact) mass is 244 g/mol. The average Bonchev–Trinajstić information content (AvgIpc) is 2.27. The van der Waals surface area contributed by atoms with E-state index >= 15 is 0 Å². The fourth-order valence-electron chi connectivity index (χ4n) is 2.26. The molecule has 0 spiro atoms. The Morgan fingerprint density at radius 3 is 2.89 bits per heavy atom. The molecule has 0 aliphatic heterocycles. The maximum absolute atomic E-state index is 12.0. The summed E-state index contributed by atoms with van der Waals surface area (Å²) in [5.74, 6) is 0.641. The van der Waals surface area contributed by atoms with Gasteiger partial charge in [0.25, 0.3) is 5.56 Å². The summed E-state index contributed by atoms with van der Waals surface area (Å²) in [6.07, 6.45) is 3.59. The number of aromatic nitrogens is 2. The van der Waals surface area contributed by atoms with Crippen LogP contribution in [0.15, 0.2) is 23.0 Å². The van der Waals surface area contributed by atoms with E-state index in [2.05, 4.69) is 14.9 Å². The van der Waals surface area contributed by atoms with Crippen molar-refractivity contribution in [2.75, 3.05) is 17.7 Å². The zero-order valence-electron chi connectivity index (χ0n) is 10.3. The number of nitrogen functional groups attached to an aromatic ring is 1. The maximum atomic E-state index is 12.0.